The Balaban J connectivity index is 2.17. The topological polar surface area (TPSA) is 28.2 Å². The zero-order valence-corrected chi connectivity index (χ0v) is 13.5. The van der Waals surface area contributed by atoms with Crippen molar-refractivity contribution in [2.45, 2.75) is 52.1 Å². The lowest BCUT2D eigenvalue weighted by atomic mass is 10.0. The fourth-order valence-corrected chi connectivity index (χ4v) is 3.05. The van der Waals surface area contributed by atoms with Gasteiger partial charge in [-0.3, -0.25) is 0 Å². The second-order valence-electron chi connectivity index (χ2n) is 5.35. The molecule has 1 saturated heterocycles. The van der Waals surface area contributed by atoms with E-state index in [1.807, 2.05) is 6.20 Å². The van der Waals surface area contributed by atoms with E-state index in [-0.39, 0.29) is 0 Å². The number of hydrogen-bond acceptors (Lipinski definition) is 3. The van der Waals surface area contributed by atoms with Crippen LogP contribution in [0.25, 0.3) is 0 Å². The van der Waals surface area contributed by atoms with Crippen molar-refractivity contribution in [3.8, 4) is 0 Å². The number of piperidine rings is 1. The van der Waals surface area contributed by atoms with Crippen LogP contribution >= 0.6 is 15.9 Å². The molecular weight excluding hydrogens is 302 g/mol. The van der Waals surface area contributed by atoms with Gasteiger partial charge in [0.15, 0.2) is 0 Å². The van der Waals surface area contributed by atoms with Crippen LogP contribution in [0.2, 0.25) is 0 Å². The average Bonchev–Trinajstić information content (AvgIpc) is 2.40. The molecule has 1 atom stereocenters. The summed E-state index contributed by atoms with van der Waals surface area (Å²) in [7, 11) is 0. The maximum absolute atomic E-state index is 4.67. The highest BCUT2D eigenvalue weighted by molar-refractivity contribution is 9.10. The third kappa shape index (κ3) is 3.93. The van der Waals surface area contributed by atoms with Crippen molar-refractivity contribution in [2.75, 3.05) is 18.0 Å². The molecule has 106 valence electrons. The van der Waals surface area contributed by atoms with Gasteiger partial charge >= 0.3 is 0 Å². The van der Waals surface area contributed by atoms with Gasteiger partial charge in [0.25, 0.3) is 0 Å². The van der Waals surface area contributed by atoms with Gasteiger partial charge in [-0.05, 0) is 61.1 Å². The molecule has 0 amide bonds. The van der Waals surface area contributed by atoms with Crippen LogP contribution in [0.4, 0.5) is 5.82 Å². The van der Waals surface area contributed by atoms with Gasteiger partial charge in [-0.1, -0.05) is 6.92 Å². The molecule has 3 nitrogen and oxygen atoms in total. The van der Waals surface area contributed by atoms with Gasteiger partial charge < -0.3 is 10.2 Å². The minimum atomic E-state index is 0.604. The van der Waals surface area contributed by atoms with Crippen LogP contribution in [0.5, 0.6) is 0 Å². The number of halogens is 1. The molecule has 0 bridgehead atoms. The number of nitrogens with one attached hydrogen (secondary N) is 1. The molecule has 1 aromatic rings. The standard InChI is InChI=1S/C15H24BrN3/c1-3-7-17-10-13-9-14(16)11-18-15(13)19-8-5-4-6-12(19)2/h9,11-12,17H,3-8,10H2,1-2H3. The molecule has 0 spiro atoms. The average molecular weight is 326 g/mol. The van der Waals surface area contributed by atoms with Gasteiger partial charge in [0.2, 0.25) is 0 Å². The zero-order valence-electron chi connectivity index (χ0n) is 12.0. The molecule has 1 fully saturated rings. The number of aromatic nitrogens is 1. The molecule has 19 heavy (non-hydrogen) atoms. The number of hydrogen-bond donors (Lipinski definition) is 1. The second kappa shape index (κ2) is 7.25. The van der Waals surface area contributed by atoms with E-state index in [2.05, 4.69) is 51.0 Å². The Morgan fingerprint density at radius 3 is 3.05 bits per heavy atom. The van der Waals surface area contributed by atoms with Crippen LogP contribution in [0.3, 0.4) is 0 Å². The highest BCUT2D eigenvalue weighted by Gasteiger charge is 2.21. The molecule has 1 aliphatic rings. The van der Waals surface area contributed by atoms with E-state index in [0.29, 0.717) is 6.04 Å². The predicted molar refractivity (Wildman–Crippen MR) is 84.6 cm³/mol. The number of nitrogens with zero attached hydrogens (tertiary/aromatic N) is 2. The Morgan fingerprint density at radius 1 is 1.47 bits per heavy atom. The third-order valence-corrected chi connectivity index (χ3v) is 4.16. The first-order valence-electron chi connectivity index (χ1n) is 7.34. The van der Waals surface area contributed by atoms with Gasteiger partial charge in [0.1, 0.15) is 5.82 Å². The first kappa shape index (κ1) is 14.8. The van der Waals surface area contributed by atoms with Crippen LogP contribution in [0, 0.1) is 0 Å². The maximum atomic E-state index is 4.67. The SMILES string of the molecule is CCCNCc1cc(Br)cnc1N1CCCCC1C. The molecule has 2 heterocycles. The fraction of sp³-hybridized carbons (Fsp3) is 0.667. The van der Waals surface area contributed by atoms with E-state index < -0.39 is 0 Å². The predicted octanol–water partition coefficient (Wildman–Crippen LogP) is 3.72. The summed E-state index contributed by atoms with van der Waals surface area (Å²) in [5.41, 5.74) is 1.30. The quantitative estimate of drug-likeness (QED) is 0.836. The molecule has 1 aliphatic heterocycles. The highest BCUT2D eigenvalue weighted by Crippen LogP contribution is 2.27. The summed E-state index contributed by atoms with van der Waals surface area (Å²) in [6.07, 6.45) is 6.98. The summed E-state index contributed by atoms with van der Waals surface area (Å²) < 4.78 is 1.06. The van der Waals surface area contributed by atoms with Crippen LogP contribution in [-0.2, 0) is 6.54 Å². The highest BCUT2D eigenvalue weighted by atomic mass is 79.9. The minimum absolute atomic E-state index is 0.604. The van der Waals surface area contributed by atoms with Crippen molar-refractivity contribution in [3.63, 3.8) is 0 Å². The lowest BCUT2D eigenvalue weighted by Crippen LogP contribution is -2.39. The van der Waals surface area contributed by atoms with Crippen LogP contribution < -0.4 is 10.2 Å². The molecule has 1 aromatic heterocycles. The second-order valence-corrected chi connectivity index (χ2v) is 6.27. The van der Waals surface area contributed by atoms with Crippen LogP contribution in [-0.4, -0.2) is 24.1 Å². The summed E-state index contributed by atoms with van der Waals surface area (Å²) >= 11 is 3.54. The van der Waals surface area contributed by atoms with Gasteiger partial charge in [0.05, 0.1) is 0 Å². The van der Waals surface area contributed by atoms with E-state index in [1.54, 1.807) is 0 Å². The lowest BCUT2D eigenvalue weighted by Gasteiger charge is -2.35. The summed E-state index contributed by atoms with van der Waals surface area (Å²) in [4.78, 5) is 7.14. The number of anilines is 1. The maximum Gasteiger partial charge on any atom is 0.133 e. The summed E-state index contributed by atoms with van der Waals surface area (Å²) in [5, 5.41) is 3.49. The van der Waals surface area contributed by atoms with Crippen molar-refractivity contribution in [1.29, 1.82) is 0 Å². The van der Waals surface area contributed by atoms with E-state index in [1.165, 1.54) is 30.6 Å². The van der Waals surface area contributed by atoms with Crippen molar-refractivity contribution in [2.24, 2.45) is 0 Å². The largest absolute Gasteiger partial charge is 0.354 e. The van der Waals surface area contributed by atoms with Gasteiger partial charge in [-0.15, -0.1) is 0 Å². The molecular formula is C15H24BrN3. The summed E-state index contributed by atoms with van der Waals surface area (Å²) in [6, 6.07) is 2.80. The molecule has 0 aliphatic carbocycles. The van der Waals surface area contributed by atoms with E-state index in [9.17, 15) is 0 Å². The summed E-state index contributed by atoms with van der Waals surface area (Å²) in [6.45, 7) is 7.60. The molecule has 0 radical (unpaired) electrons. The van der Waals surface area contributed by atoms with Gasteiger partial charge in [-0.2, -0.15) is 0 Å². The molecule has 0 aromatic carbocycles. The van der Waals surface area contributed by atoms with Crippen molar-refractivity contribution < 1.29 is 0 Å². The van der Waals surface area contributed by atoms with Crippen molar-refractivity contribution in [3.05, 3.63) is 22.3 Å². The van der Waals surface area contributed by atoms with E-state index >= 15 is 0 Å². The minimum Gasteiger partial charge on any atom is -0.354 e. The fourth-order valence-electron chi connectivity index (χ4n) is 2.68. The Bertz CT molecular complexity index is 408. The Labute approximate surface area is 124 Å². The normalized spacial score (nSPS) is 19.7. The Morgan fingerprint density at radius 2 is 2.32 bits per heavy atom. The number of pyridine rings is 1. The van der Waals surface area contributed by atoms with Crippen LogP contribution in [0.1, 0.15) is 45.1 Å². The van der Waals surface area contributed by atoms with Gasteiger partial charge in [0, 0.05) is 35.4 Å². The third-order valence-electron chi connectivity index (χ3n) is 3.73. The zero-order chi connectivity index (χ0) is 13.7. The Kier molecular flexibility index (Phi) is 5.64. The lowest BCUT2D eigenvalue weighted by molar-refractivity contribution is 0.479. The molecule has 1 N–H and O–H groups in total. The molecule has 0 saturated carbocycles. The smallest absolute Gasteiger partial charge is 0.133 e. The number of rotatable bonds is 5. The van der Waals surface area contributed by atoms with E-state index in [0.717, 1.165) is 30.5 Å². The van der Waals surface area contributed by atoms with E-state index in [4.69, 9.17) is 0 Å². The summed E-state index contributed by atoms with van der Waals surface area (Å²) in [5.74, 6) is 1.17. The first-order valence-corrected chi connectivity index (χ1v) is 8.13. The van der Waals surface area contributed by atoms with Crippen molar-refractivity contribution in [1.82, 2.24) is 10.3 Å². The van der Waals surface area contributed by atoms with Crippen LogP contribution in [0.15, 0.2) is 16.7 Å². The molecule has 1 unspecified atom stereocenters. The first-order chi connectivity index (χ1) is 9.22. The molecule has 4 heteroatoms. The molecule has 2 rings (SSSR count). The monoisotopic (exact) mass is 325 g/mol. The van der Waals surface area contributed by atoms with Gasteiger partial charge in [-0.25, -0.2) is 4.98 Å². The van der Waals surface area contributed by atoms with Crippen molar-refractivity contribution >= 4 is 21.7 Å². The Hall–Kier alpha value is -0.610.